The van der Waals surface area contributed by atoms with Crippen molar-refractivity contribution in [2.75, 3.05) is 0 Å². The molecule has 0 radical (unpaired) electrons. The molecule has 0 saturated carbocycles. The van der Waals surface area contributed by atoms with Crippen molar-refractivity contribution < 1.29 is 9.84 Å². The predicted molar refractivity (Wildman–Crippen MR) is 69.1 cm³/mol. The predicted octanol–water partition coefficient (Wildman–Crippen LogP) is 3.40. The first kappa shape index (κ1) is 12.2. The fraction of sp³-hybridized carbons (Fsp3) is 0.467. The van der Waals surface area contributed by atoms with Crippen LogP contribution < -0.4 is 4.74 Å². The van der Waals surface area contributed by atoms with E-state index in [0.29, 0.717) is 0 Å². The molecule has 1 atom stereocenters. The van der Waals surface area contributed by atoms with E-state index in [0.717, 1.165) is 30.6 Å². The normalized spacial score (nSPS) is 24.0. The second kappa shape index (κ2) is 4.92. The summed E-state index contributed by atoms with van der Waals surface area (Å²) < 4.78 is 5.59. The average molecular weight is 232 g/mol. The van der Waals surface area contributed by atoms with Crippen molar-refractivity contribution in [1.29, 1.82) is 0 Å². The third kappa shape index (κ3) is 2.89. The van der Waals surface area contributed by atoms with E-state index in [1.54, 1.807) is 0 Å². The van der Waals surface area contributed by atoms with Crippen molar-refractivity contribution >= 4 is 0 Å². The summed E-state index contributed by atoms with van der Waals surface area (Å²) in [6, 6.07) is 7.76. The molecule has 0 aromatic heterocycles. The molecule has 1 N–H and O–H groups in total. The van der Waals surface area contributed by atoms with Crippen molar-refractivity contribution in [1.82, 2.24) is 0 Å². The molecule has 17 heavy (non-hydrogen) atoms. The van der Waals surface area contributed by atoms with Gasteiger partial charge in [0.2, 0.25) is 0 Å². The van der Waals surface area contributed by atoms with Gasteiger partial charge in [0, 0.05) is 0 Å². The molecule has 1 aromatic rings. The van der Waals surface area contributed by atoms with Crippen molar-refractivity contribution in [3.63, 3.8) is 0 Å². The number of allylic oxidation sites excluding steroid dienone is 1. The van der Waals surface area contributed by atoms with Crippen LogP contribution in [0.5, 0.6) is 5.75 Å². The summed E-state index contributed by atoms with van der Waals surface area (Å²) in [4.78, 5) is 0. The Labute approximate surface area is 103 Å². The second-order valence-corrected chi connectivity index (χ2v) is 4.91. The smallest absolute Gasteiger partial charge is 0.119 e. The third-order valence-electron chi connectivity index (χ3n) is 3.05. The average Bonchev–Trinajstić information content (AvgIpc) is 2.30. The number of hydrogen-bond acceptors (Lipinski definition) is 2. The van der Waals surface area contributed by atoms with Gasteiger partial charge in [-0.1, -0.05) is 24.3 Å². The Morgan fingerprint density at radius 2 is 1.94 bits per heavy atom. The SMILES string of the molecule is CC(C)Oc1ccc(C2(O)C=CCCC2)cc1. The highest BCUT2D eigenvalue weighted by molar-refractivity contribution is 5.34. The van der Waals surface area contributed by atoms with Gasteiger partial charge in [-0.15, -0.1) is 0 Å². The number of hydrogen-bond donors (Lipinski definition) is 1. The van der Waals surface area contributed by atoms with E-state index in [-0.39, 0.29) is 6.10 Å². The van der Waals surface area contributed by atoms with Gasteiger partial charge in [0.05, 0.1) is 6.10 Å². The molecule has 2 heteroatoms. The topological polar surface area (TPSA) is 29.5 Å². The largest absolute Gasteiger partial charge is 0.491 e. The summed E-state index contributed by atoms with van der Waals surface area (Å²) in [5.74, 6) is 0.854. The second-order valence-electron chi connectivity index (χ2n) is 4.91. The van der Waals surface area contributed by atoms with E-state index in [1.165, 1.54) is 0 Å². The van der Waals surface area contributed by atoms with Crippen molar-refractivity contribution in [2.24, 2.45) is 0 Å². The molecule has 0 amide bonds. The zero-order valence-electron chi connectivity index (χ0n) is 10.5. The summed E-state index contributed by atoms with van der Waals surface area (Å²) in [6.45, 7) is 4.01. The summed E-state index contributed by atoms with van der Waals surface area (Å²) in [5, 5.41) is 10.5. The number of rotatable bonds is 3. The Balaban J connectivity index is 2.17. The van der Waals surface area contributed by atoms with Gasteiger partial charge in [-0.3, -0.25) is 0 Å². The van der Waals surface area contributed by atoms with Gasteiger partial charge in [-0.05, 0) is 50.8 Å². The molecule has 1 unspecified atom stereocenters. The minimum Gasteiger partial charge on any atom is -0.491 e. The van der Waals surface area contributed by atoms with Crippen LogP contribution in [0.25, 0.3) is 0 Å². The Kier molecular flexibility index (Phi) is 3.53. The first-order valence-electron chi connectivity index (χ1n) is 6.27. The molecule has 0 bridgehead atoms. The molecular weight excluding hydrogens is 212 g/mol. The summed E-state index contributed by atoms with van der Waals surface area (Å²) in [5.41, 5.74) is 0.166. The number of benzene rings is 1. The fourth-order valence-electron chi connectivity index (χ4n) is 2.19. The third-order valence-corrected chi connectivity index (χ3v) is 3.05. The van der Waals surface area contributed by atoms with Gasteiger partial charge >= 0.3 is 0 Å². The van der Waals surface area contributed by atoms with Crippen LogP contribution in [-0.4, -0.2) is 11.2 Å². The molecule has 0 heterocycles. The summed E-state index contributed by atoms with van der Waals surface area (Å²) in [7, 11) is 0. The van der Waals surface area contributed by atoms with E-state index in [2.05, 4.69) is 6.08 Å². The lowest BCUT2D eigenvalue weighted by Gasteiger charge is -2.28. The molecular formula is C15H20O2. The van der Waals surface area contributed by atoms with Crippen LogP contribution >= 0.6 is 0 Å². The molecule has 92 valence electrons. The molecule has 0 saturated heterocycles. The standard InChI is InChI=1S/C15H20O2/c1-12(2)17-14-8-6-13(7-9-14)15(16)10-4-3-5-11-15/h4,6-10,12,16H,3,5,11H2,1-2H3. The monoisotopic (exact) mass is 232 g/mol. The molecule has 0 aliphatic heterocycles. The lowest BCUT2D eigenvalue weighted by atomic mass is 9.85. The van der Waals surface area contributed by atoms with Gasteiger partial charge in [0.15, 0.2) is 0 Å². The van der Waals surface area contributed by atoms with Crippen LogP contribution in [0.1, 0.15) is 38.7 Å². The van der Waals surface area contributed by atoms with Crippen LogP contribution in [0.4, 0.5) is 0 Å². The molecule has 2 nitrogen and oxygen atoms in total. The summed E-state index contributed by atoms with van der Waals surface area (Å²) >= 11 is 0. The highest BCUT2D eigenvalue weighted by Gasteiger charge is 2.27. The molecule has 0 fully saturated rings. The van der Waals surface area contributed by atoms with Crippen LogP contribution in [0.3, 0.4) is 0 Å². The zero-order valence-corrected chi connectivity index (χ0v) is 10.5. The van der Waals surface area contributed by atoms with E-state index in [1.807, 2.05) is 44.2 Å². The van der Waals surface area contributed by atoms with Crippen molar-refractivity contribution in [2.45, 2.75) is 44.8 Å². The molecule has 1 aliphatic rings. The van der Waals surface area contributed by atoms with Gasteiger partial charge in [-0.2, -0.15) is 0 Å². The Hall–Kier alpha value is -1.28. The highest BCUT2D eigenvalue weighted by Crippen LogP contribution is 2.33. The Morgan fingerprint density at radius 1 is 1.24 bits per heavy atom. The first-order valence-corrected chi connectivity index (χ1v) is 6.27. The van der Waals surface area contributed by atoms with Crippen LogP contribution in [0.15, 0.2) is 36.4 Å². The van der Waals surface area contributed by atoms with E-state index < -0.39 is 5.60 Å². The number of ether oxygens (including phenoxy) is 1. The van der Waals surface area contributed by atoms with E-state index in [4.69, 9.17) is 4.74 Å². The lowest BCUT2D eigenvalue weighted by molar-refractivity contribution is 0.0725. The molecule has 1 aliphatic carbocycles. The fourth-order valence-corrected chi connectivity index (χ4v) is 2.19. The maximum atomic E-state index is 10.5. The highest BCUT2D eigenvalue weighted by atomic mass is 16.5. The van der Waals surface area contributed by atoms with Crippen LogP contribution in [0, 0.1) is 0 Å². The molecule has 2 rings (SSSR count). The molecule has 1 aromatic carbocycles. The van der Waals surface area contributed by atoms with E-state index >= 15 is 0 Å². The van der Waals surface area contributed by atoms with Gasteiger partial charge in [0.25, 0.3) is 0 Å². The maximum absolute atomic E-state index is 10.5. The van der Waals surface area contributed by atoms with Crippen LogP contribution in [0.2, 0.25) is 0 Å². The van der Waals surface area contributed by atoms with Crippen molar-refractivity contribution in [3.8, 4) is 5.75 Å². The van der Waals surface area contributed by atoms with Crippen molar-refractivity contribution in [3.05, 3.63) is 42.0 Å². The minimum absolute atomic E-state index is 0.179. The van der Waals surface area contributed by atoms with Gasteiger partial charge < -0.3 is 9.84 Å². The Morgan fingerprint density at radius 3 is 2.47 bits per heavy atom. The zero-order chi connectivity index (χ0) is 12.3. The number of aliphatic hydroxyl groups is 1. The quantitative estimate of drug-likeness (QED) is 0.809. The van der Waals surface area contributed by atoms with Crippen LogP contribution in [-0.2, 0) is 5.60 Å². The molecule has 0 spiro atoms. The summed E-state index contributed by atoms with van der Waals surface area (Å²) in [6.07, 6.45) is 7.05. The maximum Gasteiger partial charge on any atom is 0.119 e. The Bertz CT molecular complexity index is 392. The van der Waals surface area contributed by atoms with Gasteiger partial charge in [-0.25, -0.2) is 0 Å². The lowest BCUT2D eigenvalue weighted by Crippen LogP contribution is -2.24. The first-order chi connectivity index (χ1) is 8.10. The minimum atomic E-state index is -0.783. The van der Waals surface area contributed by atoms with E-state index in [9.17, 15) is 5.11 Å². The van der Waals surface area contributed by atoms with Gasteiger partial charge in [0.1, 0.15) is 11.4 Å².